The maximum Gasteiger partial charge on any atom is 0.0944 e. The van der Waals surface area contributed by atoms with Gasteiger partial charge in [0.15, 0.2) is 0 Å². The second-order valence-electron chi connectivity index (χ2n) is 4.64. The molecule has 1 unspecified atom stereocenters. The number of hydrazine groups is 1. The van der Waals surface area contributed by atoms with Crippen molar-refractivity contribution in [2.24, 2.45) is 5.84 Å². The molecule has 3 nitrogen and oxygen atoms in total. The van der Waals surface area contributed by atoms with Gasteiger partial charge in [-0.15, -0.1) is 11.3 Å². The number of hydrogen-bond donors (Lipinski definition) is 2. The van der Waals surface area contributed by atoms with Crippen LogP contribution in [-0.2, 0) is 12.8 Å². The fourth-order valence-electron chi connectivity index (χ4n) is 1.91. The predicted octanol–water partition coefficient (Wildman–Crippen LogP) is 2.38. The van der Waals surface area contributed by atoms with Crippen LogP contribution in [0.5, 0.6) is 0 Å². The molecule has 0 aliphatic heterocycles. The summed E-state index contributed by atoms with van der Waals surface area (Å²) in [6.45, 7) is 4.12. The van der Waals surface area contributed by atoms with Gasteiger partial charge < -0.3 is 0 Å². The Labute approximate surface area is 112 Å². The minimum Gasteiger partial charge on any atom is -0.271 e. The Hall–Kier alpha value is -1.23. The Balaban J connectivity index is 1.99. The molecule has 0 saturated heterocycles. The van der Waals surface area contributed by atoms with Gasteiger partial charge in [0.1, 0.15) is 0 Å². The summed E-state index contributed by atoms with van der Waals surface area (Å²) in [6, 6.07) is 8.82. The van der Waals surface area contributed by atoms with Crippen molar-refractivity contribution in [2.75, 3.05) is 0 Å². The Morgan fingerprint density at radius 3 is 2.50 bits per heavy atom. The van der Waals surface area contributed by atoms with E-state index in [-0.39, 0.29) is 6.04 Å². The maximum atomic E-state index is 5.63. The second kappa shape index (κ2) is 6.09. The lowest BCUT2D eigenvalue weighted by Crippen LogP contribution is -2.38. The molecule has 0 fully saturated rings. The predicted molar refractivity (Wildman–Crippen MR) is 76.5 cm³/mol. The van der Waals surface area contributed by atoms with E-state index in [1.807, 2.05) is 6.92 Å². The lowest BCUT2D eigenvalue weighted by atomic mass is 10.0. The summed E-state index contributed by atoms with van der Waals surface area (Å²) in [5.74, 6) is 5.63. The lowest BCUT2D eigenvalue weighted by Gasteiger charge is -2.14. The van der Waals surface area contributed by atoms with Gasteiger partial charge in [-0.2, -0.15) is 0 Å². The molecule has 0 spiro atoms. The zero-order valence-electron chi connectivity index (χ0n) is 10.8. The zero-order chi connectivity index (χ0) is 13.0. The molecular formula is C14H19N3S. The molecule has 0 saturated carbocycles. The van der Waals surface area contributed by atoms with Crippen LogP contribution in [0.3, 0.4) is 0 Å². The van der Waals surface area contributed by atoms with Gasteiger partial charge in [0.05, 0.1) is 5.01 Å². The molecule has 0 amide bonds. The Bertz CT molecular complexity index is 490. The van der Waals surface area contributed by atoms with Crippen LogP contribution in [0.4, 0.5) is 0 Å². The summed E-state index contributed by atoms with van der Waals surface area (Å²) in [7, 11) is 0. The Morgan fingerprint density at radius 1 is 1.22 bits per heavy atom. The molecule has 1 atom stereocenters. The average molecular weight is 261 g/mol. The number of rotatable bonds is 5. The molecule has 3 N–H and O–H groups in total. The van der Waals surface area contributed by atoms with Gasteiger partial charge in [-0.3, -0.25) is 11.3 Å². The molecule has 4 heteroatoms. The van der Waals surface area contributed by atoms with Gasteiger partial charge in [-0.1, -0.05) is 29.8 Å². The van der Waals surface area contributed by atoms with Gasteiger partial charge in [0.25, 0.3) is 0 Å². The van der Waals surface area contributed by atoms with Crippen LogP contribution < -0.4 is 11.3 Å². The summed E-state index contributed by atoms with van der Waals surface area (Å²) in [5.41, 5.74) is 6.56. The molecule has 0 radical (unpaired) electrons. The first-order valence-electron chi connectivity index (χ1n) is 6.10. The molecule has 1 aromatic heterocycles. The highest BCUT2D eigenvalue weighted by Crippen LogP contribution is 2.13. The third-order valence-corrected chi connectivity index (χ3v) is 3.91. The quantitative estimate of drug-likeness (QED) is 0.642. The third kappa shape index (κ3) is 3.63. The first kappa shape index (κ1) is 13.2. The van der Waals surface area contributed by atoms with Crippen LogP contribution in [0.15, 0.2) is 29.6 Å². The number of aryl methyl sites for hydroxylation is 2. The van der Waals surface area contributed by atoms with Crippen LogP contribution in [-0.4, -0.2) is 11.0 Å². The monoisotopic (exact) mass is 261 g/mol. The molecule has 96 valence electrons. The largest absolute Gasteiger partial charge is 0.271 e. The number of hydrogen-bond acceptors (Lipinski definition) is 4. The van der Waals surface area contributed by atoms with Crippen LogP contribution >= 0.6 is 11.3 Å². The highest BCUT2D eigenvalue weighted by molar-refractivity contribution is 7.09. The molecule has 2 rings (SSSR count). The number of nitrogens with two attached hydrogens (primary N) is 1. The van der Waals surface area contributed by atoms with E-state index in [2.05, 4.69) is 47.0 Å². The third-order valence-electron chi connectivity index (χ3n) is 2.93. The van der Waals surface area contributed by atoms with Gasteiger partial charge in [-0.25, -0.2) is 4.98 Å². The number of nitrogens with zero attached hydrogens (tertiary/aromatic N) is 1. The molecule has 1 aromatic carbocycles. The van der Waals surface area contributed by atoms with Gasteiger partial charge >= 0.3 is 0 Å². The minimum absolute atomic E-state index is 0.234. The summed E-state index contributed by atoms with van der Waals surface area (Å²) >= 11 is 1.70. The number of nitrogens with one attached hydrogen (secondary N) is 1. The topological polar surface area (TPSA) is 50.9 Å². The fourth-order valence-corrected chi connectivity index (χ4v) is 2.76. The standard InChI is InChI=1S/C14H19N3S/c1-10-3-5-12(6-4-10)7-13(17-15)8-14-16-11(2)9-18-14/h3-6,9,13,17H,7-8,15H2,1-2H3. The van der Waals surface area contributed by atoms with Crippen molar-refractivity contribution in [3.05, 3.63) is 51.5 Å². The van der Waals surface area contributed by atoms with Crippen LogP contribution in [0.2, 0.25) is 0 Å². The molecule has 0 bridgehead atoms. The van der Waals surface area contributed by atoms with Gasteiger partial charge in [0, 0.05) is 23.5 Å². The molecule has 18 heavy (non-hydrogen) atoms. The van der Waals surface area contributed by atoms with Crippen molar-refractivity contribution in [3.8, 4) is 0 Å². The SMILES string of the molecule is Cc1ccc(CC(Cc2nc(C)cs2)NN)cc1. The highest BCUT2D eigenvalue weighted by atomic mass is 32.1. The highest BCUT2D eigenvalue weighted by Gasteiger charge is 2.11. The van der Waals surface area contributed by atoms with Crippen molar-refractivity contribution in [3.63, 3.8) is 0 Å². The number of benzene rings is 1. The normalized spacial score (nSPS) is 12.6. The van der Waals surface area contributed by atoms with Gasteiger partial charge in [-0.05, 0) is 25.8 Å². The summed E-state index contributed by atoms with van der Waals surface area (Å²) in [6.07, 6.45) is 1.80. The van der Waals surface area contributed by atoms with E-state index in [0.29, 0.717) is 0 Å². The van der Waals surface area contributed by atoms with Crippen LogP contribution in [0.1, 0.15) is 21.8 Å². The van der Waals surface area contributed by atoms with Crippen LogP contribution in [0.25, 0.3) is 0 Å². The number of aromatic nitrogens is 1. The number of thiazole rings is 1. The van der Waals surface area contributed by atoms with E-state index in [1.54, 1.807) is 11.3 Å². The van der Waals surface area contributed by atoms with E-state index < -0.39 is 0 Å². The summed E-state index contributed by atoms with van der Waals surface area (Å²) < 4.78 is 0. The Kier molecular flexibility index (Phi) is 4.47. The Morgan fingerprint density at radius 2 is 1.94 bits per heavy atom. The molecular weight excluding hydrogens is 242 g/mol. The summed E-state index contributed by atoms with van der Waals surface area (Å²) in [4.78, 5) is 4.48. The van der Waals surface area contributed by atoms with Gasteiger partial charge in [0.2, 0.25) is 0 Å². The van der Waals surface area contributed by atoms with Crippen LogP contribution in [0, 0.1) is 13.8 Å². The molecule has 0 aliphatic rings. The van der Waals surface area contributed by atoms with E-state index in [9.17, 15) is 0 Å². The second-order valence-corrected chi connectivity index (χ2v) is 5.58. The van der Waals surface area contributed by atoms with E-state index in [4.69, 9.17) is 5.84 Å². The summed E-state index contributed by atoms with van der Waals surface area (Å²) in [5, 5.41) is 3.22. The van der Waals surface area contributed by atoms with Crippen molar-refractivity contribution >= 4 is 11.3 Å². The van der Waals surface area contributed by atoms with E-state index in [0.717, 1.165) is 23.5 Å². The zero-order valence-corrected chi connectivity index (χ0v) is 11.6. The van der Waals surface area contributed by atoms with E-state index in [1.165, 1.54) is 11.1 Å². The maximum absolute atomic E-state index is 5.63. The van der Waals surface area contributed by atoms with Crippen molar-refractivity contribution in [1.82, 2.24) is 10.4 Å². The molecule has 2 aromatic rings. The molecule has 0 aliphatic carbocycles. The first-order valence-corrected chi connectivity index (χ1v) is 6.98. The average Bonchev–Trinajstić information content (AvgIpc) is 2.77. The minimum atomic E-state index is 0.234. The smallest absolute Gasteiger partial charge is 0.0944 e. The van der Waals surface area contributed by atoms with Crippen molar-refractivity contribution in [1.29, 1.82) is 0 Å². The first-order chi connectivity index (χ1) is 8.67. The molecule has 1 heterocycles. The lowest BCUT2D eigenvalue weighted by molar-refractivity contribution is 0.521. The fraction of sp³-hybridized carbons (Fsp3) is 0.357. The van der Waals surface area contributed by atoms with E-state index >= 15 is 0 Å². The van der Waals surface area contributed by atoms with Crippen molar-refractivity contribution < 1.29 is 0 Å². The van der Waals surface area contributed by atoms with Crippen molar-refractivity contribution in [2.45, 2.75) is 32.7 Å².